The number of esters is 1. The summed E-state index contributed by atoms with van der Waals surface area (Å²) < 4.78 is 17.8. The minimum atomic E-state index is -1.36. The monoisotopic (exact) mass is 377 g/mol. The van der Waals surface area contributed by atoms with Crippen LogP contribution in [-0.4, -0.2) is 43.5 Å². The number of β-lactam (4-membered cyclic amide) rings is 1. The van der Waals surface area contributed by atoms with Crippen LogP contribution in [0, 0.1) is 5.92 Å². The number of nitrogens with zero attached hydrogens (tertiary/aromatic N) is 1. The lowest BCUT2D eigenvalue weighted by Crippen LogP contribution is -2.65. The Bertz CT molecular complexity index is 781. The number of carbonyl (C=O) groups excluding carboxylic acids is 2. The van der Waals surface area contributed by atoms with Crippen molar-refractivity contribution in [2.45, 2.75) is 45.4 Å². The molecule has 1 aromatic carbocycles. The molecule has 2 heterocycles. The Kier molecular flexibility index (Phi) is 5.03. The van der Waals surface area contributed by atoms with Crippen molar-refractivity contribution in [1.82, 2.24) is 4.90 Å². The van der Waals surface area contributed by atoms with Crippen molar-refractivity contribution in [1.29, 1.82) is 0 Å². The van der Waals surface area contributed by atoms with Crippen LogP contribution in [0.15, 0.2) is 40.9 Å². The Balaban J connectivity index is 1.83. The number of amides is 1. The van der Waals surface area contributed by atoms with Crippen LogP contribution >= 0.6 is 0 Å². The average molecular weight is 377 g/mol. The van der Waals surface area contributed by atoms with Crippen LogP contribution < -0.4 is 0 Å². The van der Waals surface area contributed by atoms with Crippen molar-refractivity contribution in [2.75, 3.05) is 5.75 Å². The molecule has 0 bridgehead atoms. The van der Waals surface area contributed by atoms with E-state index >= 15 is 0 Å². The molecule has 0 aliphatic carbocycles. The normalized spacial score (nSPS) is 23.5. The first-order valence-corrected chi connectivity index (χ1v) is 9.95. The number of carbonyl (C=O) groups is 2. The summed E-state index contributed by atoms with van der Waals surface area (Å²) in [4.78, 5) is 27.0. The summed E-state index contributed by atoms with van der Waals surface area (Å²) in [5.74, 6) is -1.22. The molecule has 0 saturated carbocycles. The molecule has 2 aliphatic rings. The predicted octanol–water partition coefficient (Wildman–Crippen LogP) is 1.71. The van der Waals surface area contributed by atoms with Gasteiger partial charge in [-0.2, -0.15) is 0 Å². The lowest BCUT2D eigenvalue weighted by Gasteiger charge is -2.48. The van der Waals surface area contributed by atoms with Gasteiger partial charge in [0, 0.05) is 17.1 Å². The van der Waals surface area contributed by atoms with Gasteiger partial charge in [0.25, 0.3) is 0 Å². The first-order valence-electron chi connectivity index (χ1n) is 8.63. The van der Waals surface area contributed by atoms with Gasteiger partial charge in [-0.1, -0.05) is 37.3 Å². The van der Waals surface area contributed by atoms with Crippen LogP contribution in [0.4, 0.5) is 0 Å². The lowest BCUT2D eigenvalue weighted by molar-refractivity contribution is -0.170. The summed E-state index contributed by atoms with van der Waals surface area (Å²) in [5, 5.41) is 10.3. The average Bonchev–Trinajstić information content (AvgIpc) is 2.93. The van der Waals surface area contributed by atoms with Gasteiger partial charge in [-0.05, 0) is 19.4 Å². The largest absolute Gasteiger partial charge is 0.456 e. The summed E-state index contributed by atoms with van der Waals surface area (Å²) in [6, 6.07) is 8.89. The molecule has 1 N–H and O–H groups in total. The zero-order valence-electron chi connectivity index (χ0n) is 15.1. The molecule has 1 unspecified atom stereocenters. The van der Waals surface area contributed by atoms with Gasteiger partial charge < -0.3 is 14.7 Å². The van der Waals surface area contributed by atoms with E-state index in [4.69, 9.17) is 4.74 Å². The van der Waals surface area contributed by atoms with Crippen molar-refractivity contribution >= 4 is 22.7 Å². The summed E-state index contributed by atoms with van der Waals surface area (Å²) in [6.45, 7) is 5.00. The SMILES string of the molecule is CCS(=O)C1=C(C(=O)OCc2ccccc2)N2C(=O)[C@@H](C(C)(C)O)[C@H]2C1. The van der Waals surface area contributed by atoms with Crippen molar-refractivity contribution < 1.29 is 23.6 Å². The lowest BCUT2D eigenvalue weighted by atomic mass is 9.76. The molecule has 7 heteroatoms. The van der Waals surface area contributed by atoms with Gasteiger partial charge in [0.2, 0.25) is 5.91 Å². The molecule has 1 fully saturated rings. The van der Waals surface area contributed by atoms with Crippen molar-refractivity contribution in [3.63, 3.8) is 0 Å². The molecular weight excluding hydrogens is 354 g/mol. The van der Waals surface area contributed by atoms with Gasteiger partial charge in [0.05, 0.1) is 28.4 Å². The van der Waals surface area contributed by atoms with Crippen LogP contribution in [0.2, 0.25) is 0 Å². The smallest absolute Gasteiger partial charge is 0.356 e. The van der Waals surface area contributed by atoms with Crippen LogP contribution in [-0.2, 0) is 31.7 Å². The van der Waals surface area contributed by atoms with Crippen LogP contribution in [0.25, 0.3) is 0 Å². The number of fused-ring (bicyclic) bond motifs is 1. The third-order valence-electron chi connectivity index (χ3n) is 4.82. The zero-order valence-corrected chi connectivity index (χ0v) is 15.9. The van der Waals surface area contributed by atoms with Crippen molar-refractivity contribution in [3.05, 3.63) is 46.5 Å². The molecule has 3 atom stereocenters. The number of rotatable bonds is 6. The van der Waals surface area contributed by atoms with Crippen molar-refractivity contribution in [2.24, 2.45) is 5.92 Å². The number of ether oxygens (including phenoxy) is 1. The van der Waals surface area contributed by atoms with Gasteiger partial charge >= 0.3 is 5.97 Å². The van der Waals surface area contributed by atoms with E-state index in [1.54, 1.807) is 20.8 Å². The second kappa shape index (κ2) is 6.96. The minimum absolute atomic E-state index is 0.0802. The molecular formula is C19H23NO5S. The first-order chi connectivity index (χ1) is 12.3. The van der Waals surface area contributed by atoms with Crippen molar-refractivity contribution in [3.8, 4) is 0 Å². The number of aliphatic hydroxyl groups is 1. The Morgan fingerprint density at radius 1 is 1.35 bits per heavy atom. The number of hydrogen-bond donors (Lipinski definition) is 1. The zero-order chi connectivity index (χ0) is 19.1. The highest BCUT2D eigenvalue weighted by molar-refractivity contribution is 7.89. The number of benzene rings is 1. The quantitative estimate of drug-likeness (QED) is 0.603. The van der Waals surface area contributed by atoms with E-state index < -0.39 is 28.3 Å². The van der Waals surface area contributed by atoms with E-state index in [9.17, 15) is 18.9 Å². The second-order valence-corrected chi connectivity index (χ2v) is 8.84. The molecule has 0 spiro atoms. The van der Waals surface area contributed by atoms with Crippen LogP contribution in [0.5, 0.6) is 0 Å². The van der Waals surface area contributed by atoms with E-state index in [0.29, 0.717) is 17.1 Å². The Morgan fingerprint density at radius 2 is 2.00 bits per heavy atom. The Morgan fingerprint density at radius 3 is 2.58 bits per heavy atom. The molecule has 26 heavy (non-hydrogen) atoms. The minimum Gasteiger partial charge on any atom is -0.456 e. The standard InChI is InChI=1S/C19H23NO5S/c1-4-26(24)14-10-13-15(19(2,3)23)17(21)20(13)16(14)18(22)25-11-12-8-6-5-7-9-12/h5-9,13,15,23H,4,10-11H2,1-3H3/t13-,15+,26?/m1/s1. The van der Waals surface area contributed by atoms with E-state index in [0.717, 1.165) is 5.56 Å². The van der Waals surface area contributed by atoms with Crippen LogP contribution in [0.3, 0.4) is 0 Å². The first kappa shape index (κ1) is 18.8. The fourth-order valence-electron chi connectivity index (χ4n) is 3.60. The fraction of sp³-hybridized carbons (Fsp3) is 0.474. The molecule has 0 aromatic heterocycles. The highest BCUT2D eigenvalue weighted by Crippen LogP contribution is 2.47. The van der Waals surface area contributed by atoms with Gasteiger partial charge in [-0.3, -0.25) is 9.00 Å². The topological polar surface area (TPSA) is 83.9 Å². The van der Waals surface area contributed by atoms with Gasteiger partial charge in [0.15, 0.2) is 0 Å². The summed E-state index contributed by atoms with van der Waals surface area (Å²) in [6.07, 6.45) is 0.330. The van der Waals surface area contributed by atoms with Gasteiger partial charge in [-0.25, -0.2) is 4.79 Å². The summed E-state index contributed by atoms with van der Waals surface area (Å²) in [5.41, 5.74) is -0.268. The molecule has 6 nitrogen and oxygen atoms in total. The molecule has 2 aliphatic heterocycles. The third kappa shape index (κ3) is 3.21. The maximum Gasteiger partial charge on any atom is 0.356 e. The third-order valence-corrected chi connectivity index (χ3v) is 6.26. The van der Waals surface area contributed by atoms with Gasteiger partial charge in [-0.15, -0.1) is 0 Å². The Hall–Kier alpha value is -1.99. The Labute approximate surface area is 155 Å². The second-order valence-electron chi connectivity index (χ2n) is 7.08. The molecule has 3 rings (SSSR count). The summed E-state index contributed by atoms with van der Waals surface area (Å²) >= 11 is 0. The number of hydrogen-bond acceptors (Lipinski definition) is 5. The maximum absolute atomic E-state index is 12.7. The van der Waals surface area contributed by atoms with E-state index in [1.165, 1.54) is 4.90 Å². The maximum atomic E-state index is 12.7. The van der Waals surface area contributed by atoms with E-state index in [2.05, 4.69) is 0 Å². The summed E-state index contributed by atoms with van der Waals surface area (Å²) in [7, 11) is -1.36. The van der Waals surface area contributed by atoms with E-state index in [-0.39, 0.29) is 24.3 Å². The molecule has 0 radical (unpaired) electrons. The van der Waals surface area contributed by atoms with Crippen LogP contribution in [0.1, 0.15) is 32.8 Å². The fourth-order valence-corrected chi connectivity index (χ4v) is 4.71. The molecule has 1 saturated heterocycles. The highest BCUT2D eigenvalue weighted by Gasteiger charge is 2.60. The van der Waals surface area contributed by atoms with E-state index in [1.807, 2.05) is 30.3 Å². The van der Waals surface area contributed by atoms with Gasteiger partial charge in [0.1, 0.15) is 12.3 Å². The molecule has 1 amide bonds. The predicted molar refractivity (Wildman–Crippen MR) is 97.0 cm³/mol. The molecule has 1 aromatic rings. The highest BCUT2D eigenvalue weighted by atomic mass is 32.2. The molecule has 140 valence electrons.